The number of pyridine rings is 1. The maximum absolute atomic E-state index is 15.3. The van der Waals surface area contributed by atoms with Crippen molar-refractivity contribution in [3.8, 4) is 23.0 Å². The average molecular weight is 420 g/mol. The van der Waals surface area contributed by atoms with Crippen molar-refractivity contribution < 1.29 is 9.50 Å². The van der Waals surface area contributed by atoms with E-state index in [0.29, 0.717) is 17.1 Å². The zero-order valence-electron chi connectivity index (χ0n) is 17.7. The van der Waals surface area contributed by atoms with Gasteiger partial charge in [0.15, 0.2) is 5.82 Å². The van der Waals surface area contributed by atoms with E-state index in [9.17, 15) is 5.11 Å². The van der Waals surface area contributed by atoms with Crippen LogP contribution in [0.15, 0.2) is 42.8 Å². The van der Waals surface area contributed by atoms with Gasteiger partial charge in [-0.3, -0.25) is 4.57 Å². The minimum absolute atomic E-state index is 0.00335. The highest BCUT2D eigenvalue weighted by Crippen LogP contribution is 2.58. The highest BCUT2D eigenvalue weighted by atomic mass is 19.1. The van der Waals surface area contributed by atoms with Gasteiger partial charge in [0.25, 0.3) is 0 Å². The van der Waals surface area contributed by atoms with Gasteiger partial charge < -0.3 is 5.11 Å². The van der Waals surface area contributed by atoms with E-state index in [1.165, 1.54) is 12.3 Å². The molecule has 160 valence electrons. The first-order valence-electron chi connectivity index (χ1n) is 10.6. The molecule has 3 aromatic heterocycles. The van der Waals surface area contributed by atoms with Crippen molar-refractivity contribution >= 4 is 6.08 Å². The van der Waals surface area contributed by atoms with Crippen LogP contribution in [0.5, 0.6) is 5.75 Å². The molecule has 2 aliphatic rings. The van der Waals surface area contributed by atoms with Crippen LogP contribution in [0.4, 0.5) is 4.39 Å². The molecule has 31 heavy (non-hydrogen) atoms. The third-order valence-corrected chi connectivity index (χ3v) is 6.72. The lowest BCUT2D eigenvalue weighted by Crippen LogP contribution is -2.45. The fourth-order valence-electron chi connectivity index (χ4n) is 5.40. The van der Waals surface area contributed by atoms with Crippen molar-refractivity contribution in [1.82, 2.24) is 29.7 Å². The summed E-state index contributed by atoms with van der Waals surface area (Å²) in [4.78, 5) is 12.6. The predicted molar refractivity (Wildman–Crippen MR) is 114 cm³/mol. The molecule has 3 aromatic rings. The predicted octanol–water partition coefficient (Wildman–Crippen LogP) is 4.54. The Kier molecular flexibility index (Phi) is 4.60. The fourth-order valence-corrected chi connectivity index (χ4v) is 5.40. The number of hydrogen-bond donors (Lipinski definition) is 1. The van der Waals surface area contributed by atoms with E-state index in [-0.39, 0.29) is 22.4 Å². The molecule has 8 heteroatoms. The quantitative estimate of drug-likeness (QED) is 0.669. The van der Waals surface area contributed by atoms with Gasteiger partial charge in [0.2, 0.25) is 0 Å². The van der Waals surface area contributed by atoms with Gasteiger partial charge >= 0.3 is 0 Å². The second-order valence-corrected chi connectivity index (χ2v) is 9.49. The smallest absolute Gasteiger partial charge is 0.187 e. The number of hydrogen-bond acceptors (Lipinski definition) is 6. The number of alkyl halides is 1. The normalized spacial score (nSPS) is 29.3. The topological polar surface area (TPSA) is 89.6 Å². The van der Waals surface area contributed by atoms with Crippen LogP contribution in [0, 0.1) is 10.8 Å². The van der Waals surface area contributed by atoms with E-state index in [1.807, 2.05) is 0 Å². The monoisotopic (exact) mass is 420 g/mol. The molecule has 2 aliphatic carbocycles. The van der Waals surface area contributed by atoms with Gasteiger partial charge in [-0.15, -0.1) is 10.2 Å². The molecule has 2 fully saturated rings. The molecule has 5 rings (SSSR count). The van der Waals surface area contributed by atoms with E-state index in [4.69, 9.17) is 0 Å². The van der Waals surface area contributed by atoms with Crippen molar-refractivity contribution in [2.45, 2.75) is 52.1 Å². The van der Waals surface area contributed by atoms with E-state index in [1.54, 1.807) is 35.6 Å². The molecule has 0 aliphatic heterocycles. The van der Waals surface area contributed by atoms with E-state index in [2.05, 4.69) is 39.0 Å². The van der Waals surface area contributed by atoms with Crippen LogP contribution in [0.1, 0.15) is 51.6 Å². The molecular weight excluding hydrogens is 395 g/mol. The van der Waals surface area contributed by atoms with Crippen molar-refractivity contribution in [1.29, 1.82) is 0 Å². The summed E-state index contributed by atoms with van der Waals surface area (Å²) in [5, 5.41) is 18.8. The van der Waals surface area contributed by atoms with Crippen LogP contribution >= 0.6 is 0 Å². The number of halogens is 1. The Morgan fingerprint density at radius 3 is 2.77 bits per heavy atom. The van der Waals surface area contributed by atoms with Gasteiger partial charge in [-0.05, 0) is 42.7 Å². The summed E-state index contributed by atoms with van der Waals surface area (Å²) >= 11 is 0. The Morgan fingerprint density at radius 1 is 1.19 bits per heavy atom. The number of rotatable bonds is 3. The van der Waals surface area contributed by atoms with E-state index in [0.717, 1.165) is 37.7 Å². The Hall–Kier alpha value is -3.16. The second-order valence-electron chi connectivity index (χ2n) is 9.49. The lowest BCUT2D eigenvalue weighted by atomic mass is 9.54. The highest BCUT2D eigenvalue weighted by Gasteiger charge is 2.50. The molecule has 2 bridgehead atoms. The first-order chi connectivity index (χ1) is 14.9. The third-order valence-electron chi connectivity index (χ3n) is 6.72. The SMILES string of the molecule is C[C@]12CCC[C@](C)(C1)[C@@H](F)/C(=C/c1cnc(-c3cnc(-n4ccnc4)cc3O)nn1)C2. The highest BCUT2D eigenvalue weighted by molar-refractivity contribution is 5.63. The summed E-state index contributed by atoms with van der Waals surface area (Å²) in [6.45, 7) is 4.33. The molecule has 0 spiro atoms. The first-order valence-corrected chi connectivity index (χ1v) is 10.6. The maximum atomic E-state index is 15.3. The zero-order valence-corrected chi connectivity index (χ0v) is 17.7. The first kappa shape index (κ1) is 19.8. The van der Waals surface area contributed by atoms with Crippen LogP contribution in [-0.2, 0) is 0 Å². The number of fused-ring (bicyclic) bond motifs is 2. The van der Waals surface area contributed by atoms with Crippen molar-refractivity contribution in [3.63, 3.8) is 0 Å². The number of aromatic hydroxyl groups is 1. The molecular formula is C23H25FN6O. The zero-order chi connectivity index (χ0) is 21.6. The molecule has 0 unspecified atom stereocenters. The summed E-state index contributed by atoms with van der Waals surface area (Å²) < 4.78 is 17.0. The van der Waals surface area contributed by atoms with Crippen molar-refractivity contribution in [2.24, 2.45) is 10.8 Å². The van der Waals surface area contributed by atoms with Gasteiger partial charge in [-0.25, -0.2) is 19.3 Å². The number of aromatic nitrogens is 6. The van der Waals surface area contributed by atoms with Crippen LogP contribution in [0.2, 0.25) is 0 Å². The molecule has 0 saturated heterocycles. The Labute approximate surface area is 180 Å². The number of imidazole rings is 1. The van der Waals surface area contributed by atoms with Crippen molar-refractivity contribution in [2.75, 3.05) is 0 Å². The molecule has 7 nitrogen and oxygen atoms in total. The summed E-state index contributed by atoms with van der Waals surface area (Å²) in [6.07, 6.45) is 13.7. The van der Waals surface area contributed by atoms with Gasteiger partial charge in [-0.1, -0.05) is 20.3 Å². The van der Waals surface area contributed by atoms with Crippen LogP contribution in [0.25, 0.3) is 23.3 Å². The summed E-state index contributed by atoms with van der Waals surface area (Å²) in [6, 6.07) is 1.52. The van der Waals surface area contributed by atoms with E-state index < -0.39 is 6.17 Å². The Bertz CT molecular complexity index is 1130. The molecule has 3 atom stereocenters. The lowest BCUT2D eigenvalue weighted by Gasteiger charge is -2.52. The summed E-state index contributed by atoms with van der Waals surface area (Å²) in [7, 11) is 0. The second kappa shape index (κ2) is 7.21. The van der Waals surface area contributed by atoms with Gasteiger partial charge in [0, 0.05) is 30.1 Å². The molecule has 2 saturated carbocycles. The van der Waals surface area contributed by atoms with E-state index >= 15 is 4.39 Å². The summed E-state index contributed by atoms with van der Waals surface area (Å²) in [5.41, 5.74) is 1.54. The molecule has 1 N–H and O–H groups in total. The standard InChI is InChI=1S/C23H25FN6O/c1-22-4-3-5-23(2,13-22)20(24)15(10-22)8-16-11-27-21(29-28-16)17-12-26-19(9-18(17)31)30-7-6-25-14-30/h6-9,11-12,14,20H,3-5,10,13H2,1-2H3,(H,26,31)/b15-8+/t20-,22+,23+/m0/s1. The number of allylic oxidation sites excluding steroid dienone is 1. The van der Waals surface area contributed by atoms with Crippen molar-refractivity contribution in [3.05, 3.63) is 48.4 Å². The maximum Gasteiger partial charge on any atom is 0.187 e. The Balaban J connectivity index is 1.40. The fraction of sp³-hybridized carbons (Fsp3) is 0.435. The van der Waals surface area contributed by atoms with Crippen LogP contribution in [-0.4, -0.2) is 41.0 Å². The minimum Gasteiger partial charge on any atom is -0.507 e. The van der Waals surface area contributed by atoms with Gasteiger partial charge in [-0.2, -0.15) is 0 Å². The minimum atomic E-state index is -0.966. The number of nitrogens with zero attached hydrogens (tertiary/aromatic N) is 6. The molecule has 0 aromatic carbocycles. The van der Waals surface area contributed by atoms with Crippen LogP contribution in [0.3, 0.4) is 0 Å². The molecule has 0 radical (unpaired) electrons. The summed E-state index contributed by atoms with van der Waals surface area (Å²) in [5.74, 6) is 0.795. The van der Waals surface area contributed by atoms with Crippen LogP contribution < -0.4 is 0 Å². The largest absolute Gasteiger partial charge is 0.507 e. The van der Waals surface area contributed by atoms with Gasteiger partial charge in [0.1, 0.15) is 29.8 Å². The lowest BCUT2D eigenvalue weighted by molar-refractivity contribution is -0.00517. The van der Waals surface area contributed by atoms with Gasteiger partial charge in [0.05, 0.1) is 11.8 Å². The molecule has 3 heterocycles. The third kappa shape index (κ3) is 3.60. The average Bonchev–Trinajstić information content (AvgIpc) is 3.27. The Morgan fingerprint density at radius 2 is 2.06 bits per heavy atom. The molecule has 0 amide bonds.